The first-order valence-corrected chi connectivity index (χ1v) is 8.31. The molecular formula is C14H19N3OS2. The summed E-state index contributed by atoms with van der Waals surface area (Å²) >= 11 is 3.28. The molecule has 0 aliphatic carbocycles. The van der Waals surface area contributed by atoms with E-state index in [4.69, 9.17) is 0 Å². The van der Waals surface area contributed by atoms with E-state index in [1.807, 2.05) is 27.0 Å². The van der Waals surface area contributed by atoms with Crippen LogP contribution in [0.25, 0.3) is 0 Å². The highest BCUT2D eigenvalue weighted by Gasteiger charge is 2.14. The summed E-state index contributed by atoms with van der Waals surface area (Å²) in [5.41, 5.74) is 1.26. The normalized spacial score (nSPS) is 13.8. The Labute approximate surface area is 127 Å². The second-order valence-electron chi connectivity index (χ2n) is 4.89. The summed E-state index contributed by atoms with van der Waals surface area (Å²) in [6.45, 7) is 5.97. The number of carbonyl (C=O) groups excluding carboxylic acids is 1. The van der Waals surface area contributed by atoms with Crippen LogP contribution in [0.2, 0.25) is 0 Å². The highest BCUT2D eigenvalue weighted by atomic mass is 32.1. The molecule has 2 atom stereocenters. The van der Waals surface area contributed by atoms with Crippen molar-refractivity contribution in [2.75, 3.05) is 0 Å². The Kier molecular flexibility index (Phi) is 5.14. The second kappa shape index (κ2) is 6.85. The van der Waals surface area contributed by atoms with Crippen molar-refractivity contribution in [1.29, 1.82) is 0 Å². The first kappa shape index (κ1) is 15.0. The van der Waals surface area contributed by atoms with E-state index in [1.165, 1.54) is 5.56 Å². The van der Waals surface area contributed by atoms with Gasteiger partial charge in [-0.05, 0) is 49.6 Å². The Hall–Kier alpha value is -1.40. The van der Waals surface area contributed by atoms with Crippen LogP contribution in [0.1, 0.15) is 35.3 Å². The molecule has 4 nitrogen and oxygen atoms in total. The van der Waals surface area contributed by atoms with Gasteiger partial charge in [0.15, 0.2) is 0 Å². The van der Waals surface area contributed by atoms with E-state index in [9.17, 15) is 4.79 Å². The van der Waals surface area contributed by atoms with Crippen LogP contribution in [0.4, 0.5) is 4.79 Å². The molecule has 0 saturated carbocycles. The molecule has 0 fully saturated rings. The Morgan fingerprint density at radius 3 is 2.80 bits per heavy atom. The summed E-state index contributed by atoms with van der Waals surface area (Å²) in [5, 5.41) is 11.0. The summed E-state index contributed by atoms with van der Waals surface area (Å²) in [7, 11) is 0. The predicted octanol–water partition coefficient (Wildman–Crippen LogP) is 3.50. The van der Waals surface area contributed by atoms with Gasteiger partial charge in [-0.2, -0.15) is 11.3 Å². The van der Waals surface area contributed by atoms with Gasteiger partial charge in [-0.3, -0.25) is 0 Å². The molecule has 2 N–H and O–H groups in total. The third-order valence-electron chi connectivity index (χ3n) is 2.86. The van der Waals surface area contributed by atoms with Gasteiger partial charge >= 0.3 is 6.03 Å². The van der Waals surface area contributed by atoms with Gasteiger partial charge in [0, 0.05) is 17.1 Å². The largest absolute Gasteiger partial charge is 0.335 e. The number of hydrogen-bond donors (Lipinski definition) is 2. The van der Waals surface area contributed by atoms with E-state index in [1.54, 1.807) is 22.7 Å². The number of carbonyl (C=O) groups is 1. The standard InChI is InChI=1S/C14H19N3OS2/c1-9(6-12-4-5-19-8-12)16-14(18)17-11(3)13-15-7-10(2)20-13/h4-5,7-9,11H,6H2,1-3H3,(H2,16,17,18)/t9-,11-/m0/s1. The molecule has 0 unspecified atom stereocenters. The average Bonchev–Trinajstić information content (AvgIpc) is 3.00. The van der Waals surface area contributed by atoms with Crippen LogP contribution < -0.4 is 10.6 Å². The molecule has 0 aliphatic heterocycles. The monoisotopic (exact) mass is 309 g/mol. The van der Waals surface area contributed by atoms with Crippen LogP contribution >= 0.6 is 22.7 Å². The van der Waals surface area contributed by atoms with Gasteiger partial charge in [0.05, 0.1) is 6.04 Å². The summed E-state index contributed by atoms with van der Waals surface area (Å²) in [5.74, 6) is 0. The quantitative estimate of drug-likeness (QED) is 0.888. The van der Waals surface area contributed by atoms with Crippen LogP contribution in [0.15, 0.2) is 23.0 Å². The van der Waals surface area contributed by atoms with Gasteiger partial charge in [0.2, 0.25) is 0 Å². The summed E-state index contributed by atoms with van der Waals surface area (Å²) < 4.78 is 0. The van der Waals surface area contributed by atoms with Crippen LogP contribution in [0.3, 0.4) is 0 Å². The number of aryl methyl sites for hydroxylation is 1. The SMILES string of the molecule is Cc1cnc([C@H](C)NC(=O)N[C@@H](C)Cc2ccsc2)s1. The van der Waals surface area contributed by atoms with Crippen LogP contribution in [-0.2, 0) is 6.42 Å². The van der Waals surface area contributed by atoms with Crippen molar-refractivity contribution in [3.63, 3.8) is 0 Å². The minimum atomic E-state index is -0.145. The van der Waals surface area contributed by atoms with Crippen molar-refractivity contribution in [1.82, 2.24) is 15.6 Å². The van der Waals surface area contributed by atoms with Crippen molar-refractivity contribution in [2.24, 2.45) is 0 Å². The van der Waals surface area contributed by atoms with Gasteiger partial charge in [-0.15, -0.1) is 11.3 Å². The molecular weight excluding hydrogens is 290 g/mol. The minimum Gasteiger partial charge on any atom is -0.335 e. The van der Waals surface area contributed by atoms with E-state index in [0.29, 0.717) is 0 Å². The fourth-order valence-electron chi connectivity index (χ4n) is 1.91. The average molecular weight is 309 g/mol. The molecule has 0 aliphatic rings. The van der Waals surface area contributed by atoms with Gasteiger partial charge in [-0.25, -0.2) is 9.78 Å². The Morgan fingerprint density at radius 1 is 1.40 bits per heavy atom. The van der Waals surface area contributed by atoms with Gasteiger partial charge in [0.25, 0.3) is 0 Å². The molecule has 20 heavy (non-hydrogen) atoms. The van der Waals surface area contributed by atoms with E-state index in [-0.39, 0.29) is 18.1 Å². The molecule has 2 rings (SSSR count). The van der Waals surface area contributed by atoms with E-state index >= 15 is 0 Å². The molecule has 0 spiro atoms. The number of nitrogens with zero attached hydrogens (tertiary/aromatic N) is 1. The van der Waals surface area contributed by atoms with Crippen molar-refractivity contribution >= 4 is 28.7 Å². The number of amides is 2. The Bertz CT molecular complexity index is 551. The van der Waals surface area contributed by atoms with Crippen molar-refractivity contribution in [2.45, 2.75) is 39.3 Å². The zero-order valence-corrected chi connectivity index (χ0v) is 13.5. The van der Waals surface area contributed by atoms with E-state index < -0.39 is 0 Å². The fourth-order valence-corrected chi connectivity index (χ4v) is 3.37. The molecule has 2 amide bonds. The summed E-state index contributed by atoms with van der Waals surface area (Å²) in [6, 6.07) is 1.98. The van der Waals surface area contributed by atoms with Crippen molar-refractivity contribution in [3.8, 4) is 0 Å². The number of thiophene rings is 1. The smallest absolute Gasteiger partial charge is 0.315 e. The maximum absolute atomic E-state index is 11.9. The third kappa shape index (κ3) is 4.31. The lowest BCUT2D eigenvalue weighted by atomic mass is 10.1. The number of rotatable bonds is 5. The topological polar surface area (TPSA) is 54.0 Å². The highest BCUT2D eigenvalue weighted by molar-refractivity contribution is 7.11. The Balaban J connectivity index is 1.80. The lowest BCUT2D eigenvalue weighted by Gasteiger charge is -2.16. The lowest BCUT2D eigenvalue weighted by Crippen LogP contribution is -2.42. The molecule has 6 heteroatoms. The fraction of sp³-hybridized carbons (Fsp3) is 0.429. The Morgan fingerprint density at radius 2 is 2.20 bits per heavy atom. The highest BCUT2D eigenvalue weighted by Crippen LogP contribution is 2.18. The predicted molar refractivity (Wildman–Crippen MR) is 84.4 cm³/mol. The van der Waals surface area contributed by atoms with E-state index in [2.05, 4.69) is 32.4 Å². The maximum Gasteiger partial charge on any atom is 0.315 e. The first-order valence-electron chi connectivity index (χ1n) is 6.55. The van der Waals surface area contributed by atoms with Crippen molar-refractivity contribution < 1.29 is 4.79 Å². The second-order valence-corrected chi connectivity index (χ2v) is 6.93. The third-order valence-corrected chi connectivity index (χ3v) is 4.68. The van der Waals surface area contributed by atoms with Crippen LogP contribution in [0.5, 0.6) is 0 Å². The summed E-state index contributed by atoms with van der Waals surface area (Å²) in [6.07, 6.45) is 2.68. The maximum atomic E-state index is 11.9. The molecule has 0 radical (unpaired) electrons. The van der Waals surface area contributed by atoms with Gasteiger partial charge < -0.3 is 10.6 Å². The number of nitrogens with one attached hydrogen (secondary N) is 2. The minimum absolute atomic E-state index is 0.0675. The van der Waals surface area contributed by atoms with E-state index in [0.717, 1.165) is 16.3 Å². The molecule has 2 aromatic rings. The number of thiazole rings is 1. The lowest BCUT2D eigenvalue weighted by molar-refractivity contribution is 0.234. The molecule has 2 aromatic heterocycles. The number of hydrogen-bond acceptors (Lipinski definition) is 4. The zero-order valence-electron chi connectivity index (χ0n) is 11.8. The van der Waals surface area contributed by atoms with Crippen LogP contribution in [0, 0.1) is 6.92 Å². The molecule has 0 saturated heterocycles. The van der Waals surface area contributed by atoms with Crippen LogP contribution in [-0.4, -0.2) is 17.1 Å². The number of urea groups is 1. The van der Waals surface area contributed by atoms with Crippen molar-refractivity contribution in [3.05, 3.63) is 38.5 Å². The molecule has 108 valence electrons. The van der Waals surface area contributed by atoms with Gasteiger partial charge in [0.1, 0.15) is 5.01 Å². The molecule has 0 aromatic carbocycles. The zero-order chi connectivity index (χ0) is 14.5. The number of aromatic nitrogens is 1. The molecule has 0 bridgehead atoms. The molecule has 2 heterocycles. The summed E-state index contributed by atoms with van der Waals surface area (Å²) in [4.78, 5) is 17.4. The van der Waals surface area contributed by atoms with Gasteiger partial charge in [-0.1, -0.05) is 0 Å². The first-order chi connectivity index (χ1) is 9.54.